The summed E-state index contributed by atoms with van der Waals surface area (Å²) in [5.41, 5.74) is 2.01. The highest BCUT2D eigenvalue weighted by Gasteiger charge is 2.70. The number of fused-ring (bicyclic) bond motifs is 6. The van der Waals surface area contributed by atoms with Crippen molar-refractivity contribution in [3.05, 3.63) is 131 Å². The Labute approximate surface area is 247 Å². The van der Waals surface area contributed by atoms with Gasteiger partial charge in [0.1, 0.15) is 17.3 Å². The first-order valence-corrected chi connectivity index (χ1v) is 13.9. The maximum absolute atomic E-state index is 14.9. The molecule has 43 heavy (non-hydrogen) atoms. The van der Waals surface area contributed by atoms with Crippen LogP contribution in [-0.2, 0) is 10.2 Å². The van der Waals surface area contributed by atoms with E-state index in [1.807, 2.05) is 59.5 Å². The fourth-order valence-corrected chi connectivity index (χ4v) is 7.12. The molecule has 1 spiro atoms. The third-order valence-corrected chi connectivity index (χ3v) is 8.92. The highest BCUT2D eigenvalue weighted by atomic mass is 19.1. The second kappa shape index (κ2) is 9.94. The van der Waals surface area contributed by atoms with E-state index in [4.69, 9.17) is 9.47 Å². The Morgan fingerprint density at radius 3 is 2.30 bits per heavy atom. The highest BCUT2D eigenvalue weighted by molar-refractivity contribution is 6.16. The highest BCUT2D eigenvalue weighted by Crippen LogP contribution is 2.62. The summed E-state index contributed by atoms with van der Waals surface area (Å²) in [6, 6.07) is 23.4. The summed E-state index contributed by atoms with van der Waals surface area (Å²) in [6.07, 6.45) is 3.70. The summed E-state index contributed by atoms with van der Waals surface area (Å²) >= 11 is 0. The van der Waals surface area contributed by atoms with E-state index in [1.165, 1.54) is 38.5 Å². The van der Waals surface area contributed by atoms with Crippen molar-refractivity contribution in [2.24, 2.45) is 5.92 Å². The number of nitrogens with zero attached hydrogens (tertiary/aromatic N) is 1. The molecule has 0 saturated carbocycles. The number of benzene rings is 4. The van der Waals surface area contributed by atoms with Crippen LogP contribution in [0, 0.1) is 11.7 Å². The number of ketones is 2. The molecular formula is C35H27FN2O5. The first kappa shape index (κ1) is 26.6. The molecule has 4 aromatic rings. The molecule has 1 fully saturated rings. The Morgan fingerprint density at radius 2 is 1.53 bits per heavy atom. The van der Waals surface area contributed by atoms with Gasteiger partial charge in [-0.1, -0.05) is 42.5 Å². The quantitative estimate of drug-likeness (QED) is 0.292. The van der Waals surface area contributed by atoms with Crippen LogP contribution in [0.15, 0.2) is 97.2 Å². The third-order valence-electron chi connectivity index (χ3n) is 8.92. The number of halogens is 1. The number of methoxy groups -OCH3 is 2. The van der Waals surface area contributed by atoms with Gasteiger partial charge in [0, 0.05) is 23.0 Å². The van der Waals surface area contributed by atoms with Crippen LogP contribution in [0.5, 0.6) is 11.5 Å². The van der Waals surface area contributed by atoms with Crippen LogP contribution in [0.3, 0.4) is 0 Å². The lowest BCUT2D eigenvalue weighted by Crippen LogP contribution is -2.49. The van der Waals surface area contributed by atoms with Gasteiger partial charge in [0.05, 0.1) is 26.2 Å². The zero-order chi connectivity index (χ0) is 29.9. The largest absolute Gasteiger partial charge is 0.493 e. The van der Waals surface area contributed by atoms with Crippen LogP contribution in [-0.4, -0.2) is 42.6 Å². The van der Waals surface area contributed by atoms with Crippen molar-refractivity contribution in [2.75, 3.05) is 19.5 Å². The van der Waals surface area contributed by atoms with E-state index in [-0.39, 0.29) is 22.8 Å². The molecule has 7 nitrogen and oxygen atoms in total. The number of carbonyl (C=O) groups excluding carboxylic acids is 3. The molecule has 7 rings (SSSR count). The number of carbonyl (C=O) groups is 3. The summed E-state index contributed by atoms with van der Waals surface area (Å²) in [7, 11) is 2.98. The summed E-state index contributed by atoms with van der Waals surface area (Å²) in [5, 5.41) is 3.03. The van der Waals surface area contributed by atoms with Gasteiger partial charge in [-0.2, -0.15) is 0 Å². The molecule has 1 amide bonds. The number of nitrogens with one attached hydrogen (secondary N) is 1. The standard InChI is InChI=1S/C35H27FN2O5/c1-42-27-16-13-22(19-28(27)43-2)31(39)29-30(32(40)21-11-14-23(36)15-12-21)38-18-17-20-7-3-4-8-24(20)33(38)35(29)25-9-5-6-10-26(25)37-34(35)41/h3-19,29-30,33H,1-2H3,(H,37,41)/t29-,30+,33+,35-/m0/s1. The smallest absolute Gasteiger partial charge is 0.238 e. The number of ether oxygens (including phenoxy) is 2. The Balaban J connectivity index is 1.52. The van der Waals surface area contributed by atoms with Gasteiger partial charge in [-0.05, 0) is 71.3 Å². The molecule has 214 valence electrons. The van der Waals surface area contributed by atoms with Crippen LogP contribution in [0.25, 0.3) is 6.08 Å². The second-order valence-electron chi connectivity index (χ2n) is 10.9. The number of anilines is 1. The average molecular weight is 575 g/mol. The van der Waals surface area contributed by atoms with E-state index in [1.54, 1.807) is 24.4 Å². The van der Waals surface area contributed by atoms with E-state index in [0.29, 0.717) is 22.7 Å². The monoisotopic (exact) mass is 574 g/mol. The molecule has 0 radical (unpaired) electrons. The van der Waals surface area contributed by atoms with Gasteiger partial charge in [0.15, 0.2) is 23.1 Å². The normalized spacial score (nSPS) is 22.9. The molecular weight excluding hydrogens is 547 g/mol. The fraction of sp³-hybridized carbons (Fsp3) is 0.171. The predicted octanol–water partition coefficient (Wildman–Crippen LogP) is 5.82. The lowest BCUT2D eigenvalue weighted by atomic mass is 9.62. The number of rotatable bonds is 6. The van der Waals surface area contributed by atoms with Gasteiger partial charge < -0.3 is 19.7 Å². The van der Waals surface area contributed by atoms with Crippen LogP contribution < -0.4 is 14.8 Å². The molecule has 3 aliphatic heterocycles. The van der Waals surface area contributed by atoms with Gasteiger partial charge in [-0.25, -0.2) is 4.39 Å². The van der Waals surface area contributed by atoms with E-state index in [0.717, 1.165) is 11.1 Å². The summed E-state index contributed by atoms with van der Waals surface area (Å²) in [4.78, 5) is 45.8. The molecule has 0 bridgehead atoms. The third kappa shape index (κ3) is 3.75. The molecule has 0 aromatic heterocycles. The second-order valence-corrected chi connectivity index (χ2v) is 10.9. The first-order valence-electron chi connectivity index (χ1n) is 13.9. The Kier molecular flexibility index (Phi) is 6.16. The van der Waals surface area contributed by atoms with Crippen LogP contribution >= 0.6 is 0 Å². The average Bonchev–Trinajstić information content (AvgIpc) is 3.52. The molecule has 0 unspecified atom stereocenters. The van der Waals surface area contributed by atoms with E-state index in [9.17, 15) is 18.8 Å². The zero-order valence-electron chi connectivity index (χ0n) is 23.4. The van der Waals surface area contributed by atoms with Gasteiger partial charge in [-0.15, -0.1) is 0 Å². The molecule has 0 aliphatic carbocycles. The Morgan fingerprint density at radius 1 is 0.837 bits per heavy atom. The Hall–Kier alpha value is -5.24. The number of hydrogen-bond donors (Lipinski definition) is 1. The van der Waals surface area contributed by atoms with Gasteiger partial charge in [-0.3, -0.25) is 14.4 Å². The van der Waals surface area contributed by atoms with Crippen molar-refractivity contribution < 1.29 is 28.2 Å². The fourth-order valence-electron chi connectivity index (χ4n) is 7.12. The lowest BCUT2D eigenvalue weighted by molar-refractivity contribution is -0.122. The van der Waals surface area contributed by atoms with Crippen LogP contribution in [0.1, 0.15) is 43.4 Å². The molecule has 1 saturated heterocycles. The van der Waals surface area contributed by atoms with E-state index < -0.39 is 35.0 Å². The maximum Gasteiger partial charge on any atom is 0.238 e. The zero-order valence-corrected chi connectivity index (χ0v) is 23.4. The van der Waals surface area contributed by atoms with Gasteiger partial charge in [0.2, 0.25) is 5.91 Å². The minimum absolute atomic E-state index is 0.242. The van der Waals surface area contributed by atoms with Crippen molar-refractivity contribution in [1.29, 1.82) is 0 Å². The maximum atomic E-state index is 14.9. The van der Waals surface area contributed by atoms with E-state index in [2.05, 4.69) is 5.32 Å². The number of Topliss-reactive ketones (excluding diaryl/α,β-unsaturated/α-hetero) is 2. The molecule has 8 heteroatoms. The minimum Gasteiger partial charge on any atom is -0.493 e. The SMILES string of the molecule is COc1ccc(C(=O)[C@@H]2[C@H](C(=O)c3ccc(F)cc3)N3C=Cc4ccccc4[C@@H]3[C@@]23C(=O)Nc2ccccc23)cc1OC. The number of amides is 1. The molecule has 3 aliphatic rings. The van der Waals surface area contributed by atoms with Crippen molar-refractivity contribution in [3.8, 4) is 11.5 Å². The van der Waals surface area contributed by atoms with Gasteiger partial charge >= 0.3 is 0 Å². The molecule has 4 aromatic carbocycles. The number of hydrogen-bond acceptors (Lipinski definition) is 6. The van der Waals surface area contributed by atoms with Crippen LogP contribution in [0.4, 0.5) is 10.1 Å². The van der Waals surface area contributed by atoms with Crippen molar-refractivity contribution in [1.82, 2.24) is 4.90 Å². The van der Waals surface area contributed by atoms with Crippen LogP contribution in [0.2, 0.25) is 0 Å². The molecule has 1 N–H and O–H groups in total. The summed E-state index contributed by atoms with van der Waals surface area (Å²) < 4.78 is 24.8. The predicted molar refractivity (Wildman–Crippen MR) is 159 cm³/mol. The van der Waals surface area contributed by atoms with Crippen molar-refractivity contribution in [3.63, 3.8) is 0 Å². The van der Waals surface area contributed by atoms with E-state index >= 15 is 0 Å². The summed E-state index contributed by atoms with van der Waals surface area (Å²) in [5.74, 6) is -1.99. The minimum atomic E-state index is -1.47. The molecule has 4 atom stereocenters. The van der Waals surface area contributed by atoms with Crippen molar-refractivity contribution >= 4 is 29.2 Å². The van der Waals surface area contributed by atoms with Crippen molar-refractivity contribution in [2.45, 2.75) is 17.5 Å². The topological polar surface area (TPSA) is 84.9 Å². The first-order chi connectivity index (χ1) is 20.9. The Bertz CT molecular complexity index is 1830. The number of para-hydroxylation sites is 1. The summed E-state index contributed by atoms with van der Waals surface area (Å²) in [6.45, 7) is 0. The lowest BCUT2D eigenvalue weighted by Gasteiger charge is -2.38. The van der Waals surface area contributed by atoms with Gasteiger partial charge in [0.25, 0.3) is 0 Å². The molecule has 3 heterocycles.